The number of hydrazone groups is 1. The molecule has 8 nitrogen and oxygen atoms in total. The molecule has 2 N–H and O–H groups in total. The molecule has 0 fully saturated rings. The van der Waals surface area contributed by atoms with Gasteiger partial charge in [-0.3, -0.25) is 4.79 Å². The maximum atomic E-state index is 12.3. The van der Waals surface area contributed by atoms with Crippen molar-refractivity contribution in [2.24, 2.45) is 5.10 Å². The molecule has 0 aromatic heterocycles. The van der Waals surface area contributed by atoms with Gasteiger partial charge in [0.2, 0.25) is 5.75 Å². The molecule has 0 radical (unpaired) electrons. The van der Waals surface area contributed by atoms with E-state index in [-0.39, 0.29) is 5.91 Å². The molecule has 0 aliphatic heterocycles. The number of nitrogens with zero attached hydrogens (tertiary/aromatic N) is 1. The summed E-state index contributed by atoms with van der Waals surface area (Å²) in [7, 11) is 6.17. The Balaban J connectivity index is 2.04. The first-order valence-corrected chi connectivity index (χ1v) is 8.56. The summed E-state index contributed by atoms with van der Waals surface area (Å²) in [6.07, 6.45) is 1.50. The van der Waals surface area contributed by atoms with Crippen LogP contribution in [0.3, 0.4) is 0 Å². The van der Waals surface area contributed by atoms with Gasteiger partial charge in [0.25, 0.3) is 5.91 Å². The second kappa shape index (κ2) is 10.1. The highest BCUT2D eigenvalue weighted by Gasteiger charge is 2.14. The largest absolute Gasteiger partial charge is 0.495 e. The molecule has 0 spiro atoms. The zero-order valence-corrected chi connectivity index (χ0v) is 16.6. The SMILES string of the molecule is COc1ccccc1NC(C)C(=O)N/N=C/c1cc(OC)c(OC)c(OC)c1. The lowest BCUT2D eigenvalue weighted by Crippen LogP contribution is -2.35. The maximum Gasteiger partial charge on any atom is 0.262 e. The van der Waals surface area contributed by atoms with E-state index in [1.807, 2.05) is 24.3 Å². The average Bonchev–Trinajstić information content (AvgIpc) is 2.73. The summed E-state index contributed by atoms with van der Waals surface area (Å²) in [5.74, 6) is 1.85. The molecular formula is C20H25N3O5. The zero-order valence-electron chi connectivity index (χ0n) is 16.6. The Morgan fingerprint density at radius 3 is 2.14 bits per heavy atom. The summed E-state index contributed by atoms with van der Waals surface area (Å²) >= 11 is 0. The van der Waals surface area contributed by atoms with Crippen molar-refractivity contribution in [3.05, 3.63) is 42.0 Å². The molecule has 0 heterocycles. The van der Waals surface area contributed by atoms with Gasteiger partial charge in [0.15, 0.2) is 11.5 Å². The number of benzene rings is 2. The number of anilines is 1. The number of carbonyl (C=O) groups is 1. The normalized spacial score (nSPS) is 11.6. The lowest BCUT2D eigenvalue weighted by Gasteiger charge is -2.16. The number of para-hydroxylation sites is 2. The van der Waals surface area contributed by atoms with Crippen molar-refractivity contribution in [3.63, 3.8) is 0 Å². The number of nitrogens with one attached hydrogen (secondary N) is 2. The summed E-state index contributed by atoms with van der Waals surface area (Å²) in [5.41, 5.74) is 3.91. The van der Waals surface area contributed by atoms with E-state index in [0.717, 1.165) is 5.69 Å². The first kappa shape index (κ1) is 20.9. The quantitative estimate of drug-likeness (QED) is 0.508. The van der Waals surface area contributed by atoms with Crippen LogP contribution in [-0.4, -0.2) is 46.6 Å². The molecule has 1 unspecified atom stereocenters. The standard InChI is InChI=1S/C20H25N3O5/c1-13(22-15-8-6-7-9-16(15)25-2)20(24)23-21-12-14-10-17(26-3)19(28-5)18(11-14)27-4/h6-13,22H,1-5H3,(H,23,24)/b21-12+. The minimum absolute atomic E-state index is 0.297. The smallest absolute Gasteiger partial charge is 0.262 e. The van der Waals surface area contributed by atoms with Crippen LogP contribution < -0.4 is 29.7 Å². The van der Waals surface area contributed by atoms with E-state index in [1.165, 1.54) is 27.5 Å². The number of hydrogen-bond acceptors (Lipinski definition) is 7. The van der Waals surface area contributed by atoms with Crippen molar-refractivity contribution in [1.29, 1.82) is 0 Å². The van der Waals surface area contributed by atoms with Crippen LogP contribution in [0.2, 0.25) is 0 Å². The maximum absolute atomic E-state index is 12.3. The molecule has 28 heavy (non-hydrogen) atoms. The van der Waals surface area contributed by atoms with Crippen LogP contribution in [0.15, 0.2) is 41.5 Å². The lowest BCUT2D eigenvalue weighted by atomic mass is 10.2. The van der Waals surface area contributed by atoms with Crippen LogP contribution >= 0.6 is 0 Å². The van der Waals surface area contributed by atoms with Gasteiger partial charge in [0.05, 0.1) is 40.3 Å². The van der Waals surface area contributed by atoms with Gasteiger partial charge in [-0.2, -0.15) is 5.10 Å². The van der Waals surface area contributed by atoms with Gasteiger partial charge in [-0.1, -0.05) is 12.1 Å². The van der Waals surface area contributed by atoms with Crippen molar-refractivity contribution in [3.8, 4) is 23.0 Å². The van der Waals surface area contributed by atoms with Crippen molar-refractivity contribution in [2.45, 2.75) is 13.0 Å². The molecule has 2 aromatic carbocycles. The first-order valence-electron chi connectivity index (χ1n) is 8.56. The van der Waals surface area contributed by atoms with Gasteiger partial charge in [-0.05, 0) is 31.2 Å². The molecule has 8 heteroatoms. The molecule has 0 saturated carbocycles. The van der Waals surface area contributed by atoms with Crippen molar-refractivity contribution >= 4 is 17.8 Å². The minimum atomic E-state index is -0.520. The van der Waals surface area contributed by atoms with Crippen LogP contribution in [0.4, 0.5) is 5.69 Å². The predicted octanol–water partition coefficient (Wildman–Crippen LogP) is 2.67. The molecule has 0 aliphatic carbocycles. The average molecular weight is 387 g/mol. The fourth-order valence-electron chi connectivity index (χ4n) is 2.51. The number of ether oxygens (including phenoxy) is 4. The van der Waals surface area contributed by atoms with Crippen LogP contribution in [0.5, 0.6) is 23.0 Å². The van der Waals surface area contributed by atoms with Crippen LogP contribution in [-0.2, 0) is 4.79 Å². The van der Waals surface area contributed by atoms with Gasteiger partial charge in [0.1, 0.15) is 11.8 Å². The number of amides is 1. The third-order valence-corrected chi connectivity index (χ3v) is 3.95. The highest BCUT2D eigenvalue weighted by atomic mass is 16.5. The fourth-order valence-corrected chi connectivity index (χ4v) is 2.51. The Morgan fingerprint density at radius 1 is 0.964 bits per heavy atom. The molecule has 0 aliphatic rings. The highest BCUT2D eigenvalue weighted by molar-refractivity contribution is 5.87. The first-order chi connectivity index (χ1) is 13.5. The van der Waals surface area contributed by atoms with Crippen LogP contribution in [0.25, 0.3) is 0 Å². The van der Waals surface area contributed by atoms with E-state index in [4.69, 9.17) is 18.9 Å². The number of carbonyl (C=O) groups excluding carboxylic acids is 1. The molecule has 0 saturated heterocycles. The predicted molar refractivity (Wildman–Crippen MR) is 108 cm³/mol. The van der Waals surface area contributed by atoms with Crippen molar-refractivity contribution < 1.29 is 23.7 Å². The Kier molecular flexibility index (Phi) is 7.50. The molecule has 0 bridgehead atoms. The summed E-state index contributed by atoms with van der Waals surface area (Å²) in [5, 5.41) is 7.10. The fraction of sp³-hybridized carbons (Fsp3) is 0.300. The number of methoxy groups -OCH3 is 4. The summed E-state index contributed by atoms with van der Waals surface area (Å²) in [6, 6.07) is 10.3. The Hall–Kier alpha value is -3.42. The molecule has 1 amide bonds. The summed E-state index contributed by atoms with van der Waals surface area (Å²) in [6.45, 7) is 1.73. The Morgan fingerprint density at radius 2 is 1.57 bits per heavy atom. The Bertz CT molecular complexity index is 813. The monoisotopic (exact) mass is 387 g/mol. The number of rotatable bonds is 9. The van der Waals surface area contributed by atoms with Gasteiger partial charge in [-0.25, -0.2) is 5.43 Å². The second-order valence-corrected chi connectivity index (χ2v) is 5.76. The third-order valence-electron chi connectivity index (χ3n) is 3.95. The molecular weight excluding hydrogens is 362 g/mol. The molecule has 2 rings (SSSR count). The Labute approximate surface area is 164 Å². The zero-order chi connectivity index (χ0) is 20.5. The summed E-state index contributed by atoms with van der Waals surface area (Å²) < 4.78 is 21.1. The van der Waals surface area contributed by atoms with Gasteiger partial charge < -0.3 is 24.3 Å². The molecule has 1 atom stereocenters. The highest BCUT2D eigenvalue weighted by Crippen LogP contribution is 2.37. The van der Waals surface area contributed by atoms with Gasteiger partial charge in [0, 0.05) is 5.56 Å². The van der Waals surface area contributed by atoms with Gasteiger partial charge in [-0.15, -0.1) is 0 Å². The van der Waals surface area contributed by atoms with Crippen LogP contribution in [0, 0.1) is 0 Å². The van der Waals surface area contributed by atoms with Crippen molar-refractivity contribution in [2.75, 3.05) is 33.8 Å². The number of hydrogen-bond donors (Lipinski definition) is 2. The topological polar surface area (TPSA) is 90.4 Å². The van der Waals surface area contributed by atoms with E-state index in [1.54, 1.807) is 26.2 Å². The minimum Gasteiger partial charge on any atom is -0.495 e. The third kappa shape index (κ3) is 5.06. The van der Waals surface area contributed by atoms with E-state index < -0.39 is 6.04 Å². The molecule has 2 aromatic rings. The van der Waals surface area contributed by atoms with E-state index >= 15 is 0 Å². The van der Waals surface area contributed by atoms with Crippen LogP contribution in [0.1, 0.15) is 12.5 Å². The van der Waals surface area contributed by atoms with Gasteiger partial charge >= 0.3 is 0 Å². The van der Waals surface area contributed by atoms with E-state index in [0.29, 0.717) is 28.6 Å². The summed E-state index contributed by atoms with van der Waals surface area (Å²) in [4.78, 5) is 12.3. The van der Waals surface area contributed by atoms with E-state index in [9.17, 15) is 4.79 Å². The molecule has 150 valence electrons. The van der Waals surface area contributed by atoms with E-state index in [2.05, 4.69) is 15.8 Å². The second-order valence-electron chi connectivity index (χ2n) is 5.76. The lowest BCUT2D eigenvalue weighted by molar-refractivity contribution is -0.121. The van der Waals surface area contributed by atoms with Crippen molar-refractivity contribution in [1.82, 2.24) is 5.43 Å².